The molecule has 5 heteroatoms. The minimum atomic E-state index is -0.599. The molecule has 1 heterocycles. The molecule has 0 aromatic heterocycles. The van der Waals surface area contributed by atoms with Crippen LogP contribution in [0, 0.1) is 5.92 Å². The second-order valence-corrected chi connectivity index (χ2v) is 7.37. The summed E-state index contributed by atoms with van der Waals surface area (Å²) in [6.45, 7) is 10.0. The summed E-state index contributed by atoms with van der Waals surface area (Å²) in [5.41, 5.74) is 1.74. The number of rotatable bonds is 6. The number of nitrogens with one attached hydrogen (secondary N) is 2. The summed E-state index contributed by atoms with van der Waals surface area (Å²) in [4.78, 5) is 26.7. The molecule has 5 nitrogen and oxygen atoms in total. The number of anilines is 1. The fourth-order valence-electron chi connectivity index (χ4n) is 3.29. The Bertz CT molecular complexity index is 580. The number of para-hydroxylation sites is 1. The maximum Gasteiger partial charge on any atom is 0.313 e. The van der Waals surface area contributed by atoms with E-state index in [2.05, 4.69) is 36.3 Å². The van der Waals surface area contributed by atoms with Gasteiger partial charge in [-0.15, -0.1) is 0 Å². The topological polar surface area (TPSA) is 61.4 Å². The molecule has 1 atom stereocenters. The molecule has 2 N–H and O–H groups in total. The molecule has 1 fully saturated rings. The Morgan fingerprint density at radius 3 is 2.40 bits per heavy atom. The molecule has 1 saturated heterocycles. The van der Waals surface area contributed by atoms with Gasteiger partial charge in [0.1, 0.15) is 0 Å². The van der Waals surface area contributed by atoms with Crippen molar-refractivity contribution in [1.29, 1.82) is 0 Å². The Hall–Kier alpha value is -1.88. The van der Waals surface area contributed by atoms with E-state index in [0.717, 1.165) is 25.2 Å². The highest BCUT2D eigenvalue weighted by atomic mass is 16.2. The summed E-state index contributed by atoms with van der Waals surface area (Å²) in [7, 11) is 0. The first kappa shape index (κ1) is 19.4. The lowest BCUT2D eigenvalue weighted by Gasteiger charge is -2.29. The molecular formula is C20H31N3O2. The second kappa shape index (κ2) is 9.56. The smallest absolute Gasteiger partial charge is 0.313 e. The maximum absolute atomic E-state index is 12.2. The summed E-state index contributed by atoms with van der Waals surface area (Å²) < 4.78 is 0. The van der Waals surface area contributed by atoms with Crippen molar-refractivity contribution in [3.8, 4) is 0 Å². The number of benzene rings is 1. The van der Waals surface area contributed by atoms with Crippen molar-refractivity contribution in [3.63, 3.8) is 0 Å². The van der Waals surface area contributed by atoms with E-state index in [4.69, 9.17) is 0 Å². The van der Waals surface area contributed by atoms with Crippen LogP contribution in [0.25, 0.3) is 0 Å². The van der Waals surface area contributed by atoms with Gasteiger partial charge < -0.3 is 15.5 Å². The molecule has 0 saturated carbocycles. The summed E-state index contributed by atoms with van der Waals surface area (Å²) in [5.74, 6) is -0.552. The fourth-order valence-corrected chi connectivity index (χ4v) is 3.29. The van der Waals surface area contributed by atoms with E-state index in [9.17, 15) is 9.59 Å². The van der Waals surface area contributed by atoms with Gasteiger partial charge >= 0.3 is 11.8 Å². The van der Waals surface area contributed by atoms with Crippen LogP contribution in [0.4, 0.5) is 5.69 Å². The molecule has 138 valence electrons. The van der Waals surface area contributed by atoms with Crippen molar-refractivity contribution < 1.29 is 9.59 Å². The molecule has 0 bridgehead atoms. The van der Waals surface area contributed by atoms with Gasteiger partial charge in [-0.2, -0.15) is 0 Å². The van der Waals surface area contributed by atoms with Crippen LogP contribution < -0.4 is 10.6 Å². The Balaban J connectivity index is 1.79. The van der Waals surface area contributed by atoms with Crippen molar-refractivity contribution in [2.24, 2.45) is 5.92 Å². The number of amides is 2. The molecule has 0 aliphatic carbocycles. The number of hydrogen-bond donors (Lipinski definition) is 2. The van der Waals surface area contributed by atoms with E-state index in [1.165, 1.54) is 19.3 Å². The van der Waals surface area contributed by atoms with Gasteiger partial charge in [-0.05, 0) is 49.4 Å². The number of carbonyl (C=O) groups excluding carboxylic acids is 2. The van der Waals surface area contributed by atoms with Crippen LogP contribution >= 0.6 is 0 Å². The van der Waals surface area contributed by atoms with Crippen molar-refractivity contribution in [3.05, 3.63) is 29.8 Å². The largest absolute Gasteiger partial charge is 0.348 e. The predicted molar refractivity (Wildman–Crippen MR) is 102 cm³/mol. The van der Waals surface area contributed by atoms with E-state index in [0.29, 0.717) is 18.2 Å². The number of piperidine rings is 1. The zero-order chi connectivity index (χ0) is 18.2. The fraction of sp³-hybridized carbons (Fsp3) is 0.600. The number of hydrogen-bond acceptors (Lipinski definition) is 3. The molecule has 2 rings (SSSR count). The highest BCUT2D eigenvalue weighted by molar-refractivity contribution is 6.39. The van der Waals surface area contributed by atoms with Crippen LogP contribution in [0.2, 0.25) is 0 Å². The Labute approximate surface area is 151 Å². The maximum atomic E-state index is 12.2. The average Bonchev–Trinajstić information content (AvgIpc) is 2.60. The quantitative estimate of drug-likeness (QED) is 0.779. The molecule has 1 aromatic carbocycles. The lowest BCUT2D eigenvalue weighted by atomic mass is 10.0. The lowest BCUT2D eigenvalue weighted by Crippen LogP contribution is -2.41. The van der Waals surface area contributed by atoms with E-state index >= 15 is 0 Å². The molecule has 25 heavy (non-hydrogen) atoms. The van der Waals surface area contributed by atoms with Crippen LogP contribution in [-0.4, -0.2) is 42.9 Å². The van der Waals surface area contributed by atoms with Gasteiger partial charge in [0.25, 0.3) is 0 Å². The summed E-state index contributed by atoms with van der Waals surface area (Å²) in [5, 5.41) is 5.50. The van der Waals surface area contributed by atoms with Crippen molar-refractivity contribution >= 4 is 17.5 Å². The van der Waals surface area contributed by atoms with Gasteiger partial charge in [0.05, 0.1) is 0 Å². The SMILES string of the molecule is CC(CNC(=O)C(=O)Nc1ccccc1C(C)C)CN1CCCCC1. The normalized spacial score (nSPS) is 16.5. The van der Waals surface area contributed by atoms with Gasteiger partial charge in [-0.1, -0.05) is 45.4 Å². The zero-order valence-corrected chi connectivity index (χ0v) is 15.7. The Morgan fingerprint density at radius 2 is 1.72 bits per heavy atom. The van der Waals surface area contributed by atoms with E-state index < -0.39 is 11.8 Å². The average molecular weight is 345 g/mol. The molecule has 1 aliphatic heterocycles. The Morgan fingerprint density at radius 1 is 1.04 bits per heavy atom. The first-order chi connectivity index (χ1) is 12.0. The summed E-state index contributed by atoms with van der Waals surface area (Å²) in [6.07, 6.45) is 3.84. The molecule has 0 radical (unpaired) electrons. The predicted octanol–water partition coefficient (Wildman–Crippen LogP) is 2.99. The third-order valence-corrected chi connectivity index (χ3v) is 4.67. The number of carbonyl (C=O) groups is 2. The van der Waals surface area contributed by atoms with Gasteiger partial charge in [-0.3, -0.25) is 9.59 Å². The summed E-state index contributed by atoms with van der Waals surface area (Å²) in [6, 6.07) is 7.60. The first-order valence-corrected chi connectivity index (χ1v) is 9.38. The van der Waals surface area contributed by atoms with Gasteiger partial charge in [0, 0.05) is 18.8 Å². The third-order valence-electron chi connectivity index (χ3n) is 4.67. The molecule has 2 amide bonds. The molecule has 0 spiro atoms. The van der Waals surface area contributed by atoms with E-state index in [1.807, 2.05) is 24.3 Å². The van der Waals surface area contributed by atoms with E-state index in [1.54, 1.807) is 0 Å². The third kappa shape index (κ3) is 6.16. The van der Waals surface area contributed by atoms with Crippen molar-refractivity contribution in [2.75, 3.05) is 31.5 Å². The van der Waals surface area contributed by atoms with Crippen LogP contribution in [0.3, 0.4) is 0 Å². The highest BCUT2D eigenvalue weighted by Gasteiger charge is 2.18. The summed E-state index contributed by atoms with van der Waals surface area (Å²) >= 11 is 0. The van der Waals surface area contributed by atoms with Crippen molar-refractivity contribution in [2.45, 2.75) is 46.0 Å². The monoisotopic (exact) mass is 345 g/mol. The van der Waals surface area contributed by atoms with Crippen molar-refractivity contribution in [1.82, 2.24) is 10.2 Å². The van der Waals surface area contributed by atoms with Gasteiger partial charge in [0.15, 0.2) is 0 Å². The minimum absolute atomic E-state index is 0.282. The lowest BCUT2D eigenvalue weighted by molar-refractivity contribution is -0.136. The van der Waals surface area contributed by atoms with Crippen LogP contribution in [-0.2, 0) is 9.59 Å². The number of likely N-dealkylation sites (tertiary alicyclic amines) is 1. The highest BCUT2D eigenvalue weighted by Crippen LogP contribution is 2.23. The van der Waals surface area contributed by atoms with Gasteiger partial charge in [-0.25, -0.2) is 0 Å². The molecular weight excluding hydrogens is 314 g/mol. The second-order valence-electron chi connectivity index (χ2n) is 7.37. The molecule has 1 aromatic rings. The van der Waals surface area contributed by atoms with E-state index in [-0.39, 0.29) is 5.92 Å². The number of nitrogens with zero attached hydrogens (tertiary/aromatic N) is 1. The molecule has 1 unspecified atom stereocenters. The minimum Gasteiger partial charge on any atom is -0.348 e. The van der Waals surface area contributed by atoms with Crippen LogP contribution in [0.5, 0.6) is 0 Å². The van der Waals surface area contributed by atoms with Crippen LogP contribution in [0.1, 0.15) is 51.5 Å². The first-order valence-electron chi connectivity index (χ1n) is 9.38. The Kier molecular flexibility index (Phi) is 7.44. The standard InChI is InChI=1S/C20H31N3O2/c1-15(2)17-9-5-6-10-18(17)22-20(25)19(24)21-13-16(3)14-23-11-7-4-8-12-23/h5-6,9-10,15-16H,4,7-8,11-14H2,1-3H3,(H,21,24)(H,22,25). The zero-order valence-electron chi connectivity index (χ0n) is 15.7. The molecule has 1 aliphatic rings. The van der Waals surface area contributed by atoms with Gasteiger partial charge in [0.2, 0.25) is 0 Å². The van der Waals surface area contributed by atoms with Crippen LogP contribution in [0.15, 0.2) is 24.3 Å².